The van der Waals surface area contributed by atoms with Gasteiger partial charge in [-0.15, -0.1) is 0 Å². The number of anilines is 1. The molecule has 0 saturated carbocycles. The summed E-state index contributed by atoms with van der Waals surface area (Å²) in [6.45, 7) is 1.19. The molecule has 0 bridgehead atoms. The van der Waals surface area contributed by atoms with Crippen molar-refractivity contribution in [1.29, 1.82) is 0 Å². The first-order chi connectivity index (χ1) is 9.15. The smallest absolute Gasteiger partial charge is 0.142 e. The van der Waals surface area contributed by atoms with E-state index in [0.29, 0.717) is 31.4 Å². The molecule has 0 radical (unpaired) electrons. The molecule has 1 aromatic carbocycles. The third-order valence-corrected chi connectivity index (χ3v) is 3.40. The second-order valence-electron chi connectivity index (χ2n) is 4.64. The van der Waals surface area contributed by atoms with E-state index in [9.17, 15) is 13.6 Å². The number of ketones is 1. The van der Waals surface area contributed by atoms with Gasteiger partial charge in [0.25, 0.3) is 0 Å². The molecule has 1 saturated heterocycles. The van der Waals surface area contributed by atoms with Crippen molar-refractivity contribution < 1.29 is 13.6 Å². The van der Waals surface area contributed by atoms with Gasteiger partial charge in [-0.25, -0.2) is 8.78 Å². The van der Waals surface area contributed by atoms with Gasteiger partial charge >= 0.3 is 0 Å². The van der Waals surface area contributed by atoms with Crippen LogP contribution in [0.25, 0.3) is 10.9 Å². The van der Waals surface area contributed by atoms with Crippen molar-refractivity contribution in [3.63, 3.8) is 0 Å². The van der Waals surface area contributed by atoms with Crippen LogP contribution in [0, 0.1) is 11.6 Å². The van der Waals surface area contributed by atoms with Crippen LogP contribution in [0.1, 0.15) is 12.8 Å². The predicted octanol–water partition coefficient (Wildman–Crippen LogP) is 2.68. The first kappa shape index (κ1) is 12.0. The van der Waals surface area contributed by atoms with E-state index in [0.717, 1.165) is 18.0 Å². The molecule has 3 rings (SSSR count). The molecular formula is C14H12F2N2O. The molecule has 2 aromatic rings. The van der Waals surface area contributed by atoms with Gasteiger partial charge in [-0.1, -0.05) is 0 Å². The molecule has 0 spiro atoms. The summed E-state index contributed by atoms with van der Waals surface area (Å²) in [5, 5.41) is 0.175. The number of hydrogen-bond acceptors (Lipinski definition) is 3. The molecule has 0 N–H and O–H groups in total. The Bertz CT molecular complexity index is 647. The fourth-order valence-corrected chi connectivity index (χ4v) is 2.40. The van der Waals surface area contributed by atoms with E-state index in [-0.39, 0.29) is 11.2 Å². The Morgan fingerprint density at radius 3 is 2.63 bits per heavy atom. The Morgan fingerprint density at radius 1 is 1.16 bits per heavy atom. The standard InChI is InChI=1S/C14H12F2N2O/c15-9-7-11-12(16)1-2-13(14(11)17-8-9)18-5-3-10(19)4-6-18/h1-2,7-8H,3-6H2. The maximum atomic E-state index is 13.7. The quantitative estimate of drug-likeness (QED) is 0.792. The van der Waals surface area contributed by atoms with Crippen molar-refractivity contribution >= 4 is 22.4 Å². The van der Waals surface area contributed by atoms with Gasteiger partial charge in [-0.05, 0) is 18.2 Å². The summed E-state index contributed by atoms with van der Waals surface area (Å²) < 4.78 is 26.9. The number of carbonyl (C=O) groups is 1. The molecule has 0 amide bonds. The number of carbonyl (C=O) groups excluding carboxylic acids is 1. The van der Waals surface area contributed by atoms with Crippen LogP contribution < -0.4 is 4.90 Å². The van der Waals surface area contributed by atoms with E-state index in [1.54, 1.807) is 6.07 Å². The van der Waals surface area contributed by atoms with Crippen LogP contribution in [0.15, 0.2) is 24.4 Å². The normalized spacial score (nSPS) is 16.1. The summed E-state index contributed by atoms with van der Waals surface area (Å²) in [6.07, 6.45) is 2.06. The van der Waals surface area contributed by atoms with Crippen LogP contribution in [-0.4, -0.2) is 23.9 Å². The molecule has 2 heterocycles. The fraction of sp³-hybridized carbons (Fsp3) is 0.286. The average molecular weight is 262 g/mol. The molecule has 1 aliphatic heterocycles. The van der Waals surface area contributed by atoms with Crippen LogP contribution in [0.3, 0.4) is 0 Å². The molecule has 0 atom stereocenters. The van der Waals surface area contributed by atoms with Crippen molar-refractivity contribution in [3.05, 3.63) is 36.0 Å². The van der Waals surface area contributed by atoms with Crippen molar-refractivity contribution in [2.75, 3.05) is 18.0 Å². The average Bonchev–Trinajstić information content (AvgIpc) is 2.41. The van der Waals surface area contributed by atoms with Crippen LogP contribution in [0.4, 0.5) is 14.5 Å². The molecule has 5 heteroatoms. The van der Waals surface area contributed by atoms with Crippen molar-refractivity contribution in [2.45, 2.75) is 12.8 Å². The van der Waals surface area contributed by atoms with Gasteiger partial charge in [0.15, 0.2) is 0 Å². The molecule has 98 valence electrons. The fourth-order valence-electron chi connectivity index (χ4n) is 2.40. The summed E-state index contributed by atoms with van der Waals surface area (Å²) in [4.78, 5) is 17.2. The van der Waals surface area contributed by atoms with Crippen molar-refractivity contribution in [1.82, 2.24) is 4.98 Å². The molecule has 3 nitrogen and oxygen atoms in total. The lowest BCUT2D eigenvalue weighted by Gasteiger charge is -2.28. The second-order valence-corrected chi connectivity index (χ2v) is 4.64. The van der Waals surface area contributed by atoms with Gasteiger partial charge in [0.2, 0.25) is 0 Å². The lowest BCUT2D eigenvalue weighted by molar-refractivity contribution is -0.119. The lowest BCUT2D eigenvalue weighted by atomic mass is 10.1. The first-order valence-electron chi connectivity index (χ1n) is 6.15. The molecule has 19 heavy (non-hydrogen) atoms. The highest BCUT2D eigenvalue weighted by Crippen LogP contribution is 2.29. The SMILES string of the molecule is O=C1CCN(c2ccc(F)c3cc(F)cnc23)CC1. The minimum absolute atomic E-state index is 0.175. The van der Waals surface area contributed by atoms with Gasteiger partial charge in [0.05, 0.1) is 17.4 Å². The highest BCUT2D eigenvalue weighted by Gasteiger charge is 2.19. The minimum atomic E-state index is -0.558. The number of Topliss-reactive ketones (excluding diaryl/α,β-unsaturated/α-hetero) is 1. The maximum Gasteiger partial charge on any atom is 0.142 e. The molecular weight excluding hydrogens is 250 g/mol. The summed E-state index contributed by atoms with van der Waals surface area (Å²) in [5.74, 6) is -0.808. The van der Waals surface area contributed by atoms with Crippen LogP contribution in [0.5, 0.6) is 0 Å². The Hall–Kier alpha value is -2.04. The number of aromatic nitrogens is 1. The van der Waals surface area contributed by atoms with Crippen LogP contribution in [-0.2, 0) is 4.79 Å². The van der Waals surface area contributed by atoms with E-state index in [1.165, 1.54) is 6.07 Å². The third kappa shape index (κ3) is 2.16. The van der Waals surface area contributed by atoms with Crippen molar-refractivity contribution in [3.8, 4) is 0 Å². The number of pyridine rings is 1. The van der Waals surface area contributed by atoms with E-state index in [1.807, 2.05) is 4.90 Å². The predicted molar refractivity (Wildman–Crippen MR) is 68.1 cm³/mol. The summed E-state index contributed by atoms with van der Waals surface area (Å²) in [6, 6.07) is 4.10. The highest BCUT2D eigenvalue weighted by atomic mass is 19.1. The topological polar surface area (TPSA) is 33.2 Å². The van der Waals surface area contributed by atoms with Crippen LogP contribution in [0.2, 0.25) is 0 Å². The van der Waals surface area contributed by atoms with Gasteiger partial charge < -0.3 is 4.90 Å². The Morgan fingerprint density at radius 2 is 1.89 bits per heavy atom. The van der Waals surface area contributed by atoms with E-state index < -0.39 is 11.6 Å². The summed E-state index contributed by atoms with van der Waals surface area (Å²) in [7, 11) is 0. The first-order valence-corrected chi connectivity index (χ1v) is 6.15. The zero-order valence-corrected chi connectivity index (χ0v) is 10.2. The van der Waals surface area contributed by atoms with Crippen LogP contribution >= 0.6 is 0 Å². The summed E-state index contributed by atoms with van der Waals surface area (Å²) >= 11 is 0. The second kappa shape index (κ2) is 4.57. The highest BCUT2D eigenvalue weighted by molar-refractivity contribution is 5.92. The number of nitrogens with zero attached hydrogens (tertiary/aromatic N) is 2. The number of fused-ring (bicyclic) bond motifs is 1. The zero-order valence-electron chi connectivity index (χ0n) is 10.2. The Kier molecular flexibility index (Phi) is 2.89. The molecule has 1 fully saturated rings. The Labute approximate surface area is 108 Å². The monoisotopic (exact) mass is 262 g/mol. The van der Waals surface area contributed by atoms with Gasteiger partial charge in [-0.2, -0.15) is 0 Å². The number of benzene rings is 1. The van der Waals surface area contributed by atoms with E-state index in [2.05, 4.69) is 4.98 Å². The third-order valence-electron chi connectivity index (χ3n) is 3.40. The number of piperidine rings is 1. The molecule has 0 unspecified atom stereocenters. The number of hydrogen-bond donors (Lipinski definition) is 0. The summed E-state index contributed by atoms with van der Waals surface area (Å²) in [5.41, 5.74) is 1.19. The molecule has 1 aromatic heterocycles. The van der Waals surface area contributed by atoms with Crippen molar-refractivity contribution in [2.24, 2.45) is 0 Å². The van der Waals surface area contributed by atoms with E-state index >= 15 is 0 Å². The lowest BCUT2D eigenvalue weighted by Crippen LogP contribution is -2.33. The minimum Gasteiger partial charge on any atom is -0.369 e. The van der Waals surface area contributed by atoms with Gasteiger partial charge in [-0.3, -0.25) is 9.78 Å². The largest absolute Gasteiger partial charge is 0.369 e. The number of halogens is 2. The van der Waals surface area contributed by atoms with E-state index in [4.69, 9.17) is 0 Å². The molecule has 0 aliphatic carbocycles. The molecule has 1 aliphatic rings. The number of rotatable bonds is 1. The van der Waals surface area contributed by atoms with Gasteiger partial charge in [0.1, 0.15) is 17.4 Å². The maximum absolute atomic E-state index is 13.7. The van der Waals surface area contributed by atoms with Gasteiger partial charge in [0, 0.05) is 31.3 Å². The zero-order chi connectivity index (χ0) is 13.4. The Balaban J connectivity index is 2.09.